The largest absolute Gasteiger partial charge is 0.354 e. The van der Waals surface area contributed by atoms with Gasteiger partial charge >= 0.3 is 0 Å². The lowest BCUT2D eigenvalue weighted by Crippen LogP contribution is -2.49. The molecule has 2 heterocycles. The van der Waals surface area contributed by atoms with Crippen LogP contribution in [0.3, 0.4) is 0 Å². The number of carbonyl (C=O) groups is 1. The van der Waals surface area contributed by atoms with Crippen LogP contribution in [0.5, 0.6) is 0 Å². The maximum absolute atomic E-state index is 11.9. The Morgan fingerprint density at radius 3 is 2.73 bits per heavy atom. The molecule has 0 spiro atoms. The standard InChI is InChI=1S/C18H33N7O/c1-7-13(4)20-18(19-10-16(26)24(5)6)21-14-8-9-15-22-17(12(2)3)23-25(15)11-14/h12-14H,7-11H2,1-6H3,(H2,19,20,21). The highest BCUT2D eigenvalue weighted by atomic mass is 16.2. The van der Waals surface area contributed by atoms with Crippen LogP contribution >= 0.6 is 0 Å². The van der Waals surface area contributed by atoms with Crippen molar-refractivity contribution < 1.29 is 4.79 Å². The van der Waals surface area contributed by atoms with Crippen molar-refractivity contribution in [3.8, 4) is 0 Å². The summed E-state index contributed by atoms with van der Waals surface area (Å²) in [6.07, 6.45) is 2.85. The van der Waals surface area contributed by atoms with Crippen LogP contribution in [0, 0.1) is 0 Å². The molecule has 0 bridgehead atoms. The minimum Gasteiger partial charge on any atom is -0.354 e. The van der Waals surface area contributed by atoms with Crippen molar-refractivity contribution in [3.63, 3.8) is 0 Å². The first kappa shape index (κ1) is 20.2. The molecule has 0 saturated carbocycles. The van der Waals surface area contributed by atoms with Gasteiger partial charge in [0, 0.05) is 38.5 Å². The van der Waals surface area contributed by atoms with E-state index in [1.54, 1.807) is 19.0 Å². The SMILES string of the molecule is CCC(C)NC(=NCC(=O)N(C)C)NC1CCc2nc(C(C)C)nn2C1. The van der Waals surface area contributed by atoms with Crippen LogP contribution in [0.1, 0.15) is 58.1 Å². The molecule has 0 saturated heterocycles. The molecular formula is C18H33N7O. The summed E-state index contributed by atoms with van der Waals surface area (Å²) in [5.41, 5.74) is 0. The van der Waals surface area contributed by atoms with E-state index in [0.717, 1.165) is 37.5 Å². The van der Waals surface area contributed by atoms with E-state index >= 15 is 0 Å². The third-order valence-corrected chi connectivity index (χ3v) is 4.60. The molecule has 1 amide bonds. The third-order valence-electron chi connectivity index (χ3n) is 4.60. The second-order valence-electron chi connectivity index (χ2n) is 7.51. The maximum Gasteiger partial charge on any atom is 0.243 e. The number of aryl methyl sites for hydroxylation is 1. The first-order valence-corrected chi connectivity index (χ1v) is 9.51. The molecule has 2 atom stereocenters. The summed E-state index contributed by atoms with van der Waals surface area (Å²) >= 11 is 0. The van der Waals surface area contributed by atoms with E-state index in [0.29, 0.717) is 11.9 Å². The highest BCUT2D eigenvalue weighted by molar-refractivity contribution is 5.85. The minimum absolute atomic E-state index is 0.0148. The molecule has 0 radical (unpaired) electrons. The zero-order valence-corrected chi connectivity index (χ0v) is 16.9. The number of fused-ring (bicyclic) bond motifs is 1. The van der Waals surface area contributed by atoms with Gasteiger partial charge in [-0.3, -0.25) is 4.79 Å². The van der Waals surface area contributed by atoms with Crippen molar-refractivity contribution in [2.24, 2.45) is 4.99 Å². The summed E-state index contributed by atoms with van der Waals surface area (Å²) in [7, 11) is 3.49. The molecule has 2 rings (SSSR count). The minimum atomic E-state index is -0.0148. The van der Waals surface area contributed by atoms with Gasteiger partial charge in [0.25, 0.3) is 0 Å². The number of carbonyl (C=O) groups excluding carboxylic acids is 1. The zero-order chi connectivity index (χ0) is 19.3. The van der Waals surface area contributed by atoms with Gasteiger partial charge in [0.1, 0.15) is 12.4 Å². The zero-order valence-electron chi connectivity index (χ0n) is 16.9. The van der Waals surface area contributed by atoms with E-state index in [4.69, 9.17) is 0 Å². The van der Waals surface area contributed by atoms with Crippen molar-refractivity contribution in [2.45, 2.75) is 71.5 Å². The highest BCUT2D eigenvalue weighted by Gasteiger charge is 2.23. The predicted molar refractivity (Wildman–Crippen MR) is 103 cm³/mol. The molecule has 146 valence electrons. The molecule has 0 fully saturated rings. The fourth-order valence-electron chi connectivity index (χ4n) is 2.64. The number of likely N-dealkylation sites (N-methyl/N-ethyl adjacent to an activating group) is 1. The molecule has 1 aromatic heterocycles. The summed E-state index contributed by atoms with van der Waals surface area (Å²) < 4.78 is 2.00. The van der Waals surface area contributed by atoms with Gasteiger partial charge in [-0.1, -0.05) is 20.8 Å². The molecule has 2 unspecified atom stereocenters. The van der Waals surface area contributed by atoms with Gasteiger partial charge in [-0.2, -0.15) is 5.10 Å². The fourth-order valence-corrected chi connectivity index (χ4v) is 2.64. The van der Waals surface area contributed by atoms with Gasteiger partial charge in [0.15, 0.2) is 11.8 Å². The van der Waals surface area contributed by atoms with Crippen LogP contribution < -0.4 is 10.6 Å². The van der Waals surface area contributed by atoms with Crippen LogP contribution in [0.4, 0.5) is 0 Å². The molecule has 1 aromatic rings. The number of aliphatic imine (C=N–C) groups is 1. The van der Waals surface area contributed by atoms with Crippen molar-refractivity contribution >= 4 is 11.9 Å². The summed E-state index contributed by atoms with van der Waals surface area (Å²) in [4.78, 5) is 22.5. The number of nitrogens with one attached hydrogen (secondary N) is 2. The second-order valence-corrected chi connectivity index (χ2v) is 7.51. The summed E-state index contributed by atoms with van der Waals surface area (Å²) in [5, 5.41) is 11.5. The van der Waals surface area contributed by atoms with Crippen LogP contribution in [0.2, 0.25) is 0 Å². The van der Waals surface area contributed by atoms with E-state index < -0.39 is 0 Å². The Balaban J connectivity index is 2.04. The van der Waals surface area contributed by atoms with Crippen molar-refractivity contribution in [1.29, 1.82) is 0 Å². The summed E-state index contributed by atoms with van der Waals surface area (Å²) in [6.45, 7) is 9.35. The molecule has 8 nitrogen and oxygen atoms in total. The van der Waals surface area contributed by atoms with Crippen LogP contribution in [-0.2, 0) is 17.8 Å². The molecule has 26 heavy (non-hydrogen) atoms. The van der Waals surface area contributed by atoms with E-state index in [1.807, 2.05) is 4.68 Å². The second kappa shape index (κ2) is 9.00. The lowest BCUT2D eigenvalue weighted by Gasteiger charge is -2.26. The number of hydrogen-bond acceptors (Lipinski definition) is 4. The van der Waals surface area contributed by atoms with Gasteiger partial charge in [-0.25, -0.2) is 14.7 Å². The lowest BCUT2D eigenvalue weighted by atomic mass is 10.1. The summed E-state index contributed by atoms with van der Waals surface area (Å²) in [5.74, 6) is 2.97. The quantitative estimate of drug-likeness (QED) is 0.584. The average molecular weight is 364 g/mol. The van der Waals surface area contributed by atoms with Gasteiger partial charge in [-0.15, -0.1) is 0 Å². The molecular weight excluding hydrogens is 330 g/mol. The number of rotatable bonds is 6. The predicted octanol–water partition coefficient (Wildman–Crippen LogP) is 1.14. The molecule has 1 aliphatic heterocycles. The Labute approximate surface area is 156 Å². The van der Waals surface area contributed by atoms with Crippen LogP contribution in [0.25, 0.3) is 0 Å². The number of guanidine groups is 1. The smallest absolute Gasteiger partial charge is 0.243 e. The third kappa shape index (κ3) is 5.44. The molecule has 0 aliphatic carbocycles. The monoisotopic (exact) mass is 363 g/mol. The van der Waals surface area contributed by atoms with Gasteiger partial charge in [-0.05, 0) is 19.8 Å². The van der Waals surface area contributed by atoms with Crippen LogP contribution in [0.15, 0.2) is 4.99 Å². The Bertz CT molecular complexity index is 635. The van der Waals surface area contributed by atoms with E-state index in [1.165, 1.54) is 0 Å². The van der Waals surface area contributed by atoms with Gasteiger partial charge < -0.3 is 15.5 Å². The first-order valence-electron chi connectivity index (χ1n) is 9.51. The Kier molecular flexibility index (Phi) is 6.99. The summed E-state index contributed by atoms with van der Waals surface area (Å²) in [6, 6.07) is 0.503. The van der Waals surface area contributed by atoms with E-state index in [9.17, 15) is 4.79 Å². The lowest BCUT2D eigenvalue weighted by molar-refractivity contribution is -0.127. The number of nitrogens with zero attached hydrogens (tertiary/aromatic N) is 5. The van der Waals surface area contributed by atoms with Gasteiger partial charge in [0.05, 0.1) is 6.54 Å². The van der Waals surface area contributed by atoms with E-state index in [-0.39, 0.29) is 24.5 Å². The number of aromatic nitrogens is 3. The topological polar surface area (TPSA) is 87.4 Å². The molecule has 0 aromatic carbocycles. The van der Waals surface area contributed by atoms with Crippen LogP contribution in [-0.4, -0.2) is 64.3 Å². The average Bonchev–Trinajstić information content (AvgIpc) is 3.02. The molecule has 2 N–H and O–H groups in total. The maximum atomic E-state index is 11.9. The Morgan fingerprint density at radius 2 is 2.12 bits per heavy atom. The van der Waals surface area contributed by atoms with Gasteiger partial charge in [0.2, 0.25) is 5.91 Å². The Hall–Kier alpha value is -2.12. The first-order chi connectivity index (χ1) is 12.3. The van der Waals surface area contributed by atoms with Crippen molar-refractivity contribution in [3.05, 3.63) is 11.6 Å². The normalized spacial score (nSPS) is 18.4. The van der Waals surface area contributed by atoms with Crippen molar-refractivity contribution in [2.75, 3.05) is 20.6 Å². The molecule has 8 heteroatoms. The highest BCUT2D eigenvalue weighted by Crippen LogP contribution is 2.17. The molecule has 1 aliphatic rings. The van der Waals surface area contributed by atoms with E-state index in [2.05, 4.69) is 53.4 Å². The Morgan fingerprint density at radius 1 is 1.38 bits per heavy atom. The number of amides is 1. The number of hydrogen-bond donors (Lipinski definition) is 2. The van der Waals surface area contributed by atoms with Crippen molar-refractivity contribution in [1.82, 2.24) is 30.3 Å². The fraction of sp³-hybridized carbons (Fsp3) is 0.778.